The number of hydrogen-bond donors (Lipinski definition) is 2. The zero-order valence-corrected chi connectivity index (χ0v) is 16.4. The average Bonchev–Trinajstić information content (AvgIpc) is 2.98. The van der Waals surface area contributed by atoms with Crippen molar-refractivity contribution in [3.63, 3.8) is 0 Å². The monoisotopic (exact) mass is 382 g/mol. The van der Waals surface area contributed by atoms with Gasteiger partial charge in [-0.3, -0.25) is 4.79 Å². The Morgan fingerprint density at radius 3 is 2.56 bits per heavy atom. The Bertz CT molecular complexity index is 949. The lowest BCUT2D eigenvalue weighted by Crippen LogP contribution is -2.00. The number of carbonyl (C=O) groups is 1. The van der Waals surface area contributed by atoms with E-state index in [-0.39, 0.29) is 6.42 Å². The molecular formula is C21H22N2O3S. The lowest BCUT2D eigenvalue weighted by Gasteiger charge is -2.06. The van der Waals surface area contributed by atoms with Crippen molar-refractivity contribution in [3.8, 4) is 17.0 Å². The van der Waals surface area contributed by atoms with Crippen molar-refractivity contribution in [2.45, 2.75) is 27.2 Å². The molecule has 0 saturated carbocycles. The number of anilines is 2. The third-order valence-electron chi connectivity index (χ3n) is 4.06. The van der Waals surface area contributed by atoms with Crippen LogP contribution in [0.5, 0.6) is 5.75 Å². The predicted molar refractivity (Wildman–Crippen MR) is 109 cm³/mol. The van der Waals surface area contributed by atoms with E-state index in [1.807, 2.05) is 57.2 Å². The third kappa shape index (κ3) is 4.65. The minimum atomic E-state index is -0.864. The Morgan fingerprint density at radius 1 is 1.19 bits per heavy atom. The first-order chi connectivity index (χ1) is 13.0. The Morgan fingerprint density at radius 2 is 1.93 bits per heavy atom. The Balaban J connectivity index is 1.92. The lowest BCUT2D eigenvalue weighted by atomic mass is 10.0. The summed E-state index contributed by atoms with van der Waals surface area (Å²) in [5.74, 6) is -0.0537. The number of nitrogens with one attached hydrogen (secondary N) is 1. The van der Waals surface area contributed by atoms with Crippen LogP contribution in [0.2, 0.25) is 0 Å². The number of aliphatic carboxylic acids is 1. The largest absolute Gasteiger partial charge is 0.494 e. The molecule has 0 atom stereocenters. The molecule has 0 aliphatic carbocycles. The van der Waals surface area contributed by atoms with Gasteiger partial charge in [-0.25, -0.2) is 4.98 Å². The van der Waals surface area contributed by atoms with Gasteiger partial charge in [-0.15, -0.1) is 11.3 Å². The van der Waals surface area contributed by atoms with E-state index >= 15 is 0 Å². The number of thiazole rings is 1. The average molecular weight is 382 g/mol. The number of benzene rings is 2. The molecule has 1 heterocycles. The van der Waals surface area contributed by atoms with Crippen LogP contribution in [-0.2, 0) is 11.2 Å². The van der Waals surface area contributed by atoms with Crippen molar-refractivity contribution in [3.05, 3.63) is 58.5 Å². The fourth-order valence-corrected chi connectivity index (χ4v) is 3.86. The fraction of sp³-hybridized carbons (Fsp3) is 0.238. The minimum Gasteiger partial charge on any atom is -0.494 e. The fourth-order valence-electron chi connectivity index (χ4n) is 2.88. The van der Waals surface area contributed by atoms with E-state index in [1.165, 1.54) is 16.9 Å². The maximum atomic E-state index is 11.3. The highest BCUT2D eigenvalue weighted by atomic mass is 32.1. The van der Waals surface area contributed by atoms with E-state index < -0.39 is 5.97 Å². The van der Waals surface area contributed by atoms with E-state index in [4.69, 9.17) is 9.72 Å². The predicted octanol–water partition coefficient (Wildman–Crippen LogP) is 5.20. The number of carboxylic acid groups (broad SMARTS) is 1. The van der Waals surface area contributed by atoms with Gasteiger partial charge in [0.1, 0.15) is 5.75 Å². The molecule has 0 amide bonds. The first kappa shape index (κ1) is 18.9. The van der Waals surface area contributed by atoms with Gasteiger partial charge in [0.2, 0.25) is 0 Å². The van der Waals surface area contributed by atoms with Crippen LogP contribution in [0.1, 0.15) is 22.9 Å². The molecule has 27 heavy (non-hydrogen) atoms. The molecule has 6 heteroatoms. The summed E-state index contributed by atoms with van der Waals surface area (Å²) < 4.78 is 5.45. The maximum absolute atomic E-state index is 11.3. The second-order valence-electron chi connectivity index (χ2n) is 6.26. The molecule has 0 aliphatic heterocycles. The SMILES string of the molecule is CCOc1ccc(Nc2nc(-c3ccc(C)cc3C)c(CC(=O)O)s2)cc1. The molecule has 0 saturated heterocycles. The summed E-state index contributed by atoms with van der Waals surface area (Å²) in [5.41, 5.74) is 4.82. The molecule has 1 aromatic heterocycles. The smallest absolute Gasteiger partial charge is 0.308 e. The van der Waals surface area contributed by atoms with Gasteiger partial charge >= 0.3 is 5.97 Å². The first-order valence-electron chi connectivity index (χ1n) is 8.75. The number of hydrogen-bond acceptors (Lipinski definition) is 5. The lowest BCUT2D eigenvalue weighted by molar-refractivity contribution is -0.136. The van der Waals surface area contributed by atoms with Crippen molar-refractivity contribution >= 4 is 28.1 Å². The number of rotatable bonds is 7. The van der Waals surface area contributed by atoms with Crippen LogP contribution < -0.4 is 10.1 Å². The van der Waals surface area contributed by atoms with Crippen LogP contribution >= 0.6 is 11.3 Å². The highest BCUT2D eigenvalue weighted by Crippen LogP contribution is 2.35. The van der Waals surface area contributed by atoms with Gasteiger partial charge in [0.15, 0.2) is 5.13 Å². The van der Waals surface area contributed by atoms with Crippen LogP contribution in [0, 0.1) is 13.8 Å². The van der Waals surface area contributed by atoms with Gasteiger partial charge < -0.3 is 15.2 Å². The van der Waals surface area contributed by atoms with E-state index in [9.17, 15) is 9.90 Å². The summed E-state index contributed by atoms with van der Waals surface area (Å²) >= 11 is 1.37. The van der Waals surface area contributed by atoms with Crippen molar-refractivity contribution in [1.29, 1.82) is 0 Å². The van der Waals surface area contributed by atoms with Crippen LogP contribution in [-0.4, -0.2) is 22.7 Å². The first-order valence-corrected chi connectivity index (χ1v) is 9.57. The van der Waals surface area contributed by atoms with Crippen molar-refractivity contribution < 1.29 is 14.6 Å². The normalized spacial score (nSPS) is 10.6. The molecule has 3 aromatic rings. The molecule has 2 N–H and O–H groups in total. The molecule has 0 spiro atoms. The van der Waals surface area contributed by atoms with Gasteiger partial charge in [0.05, 0.1) is 18.7 Å². The van der Waals surface area contributed by atoms with Crippen molar-refractivity contribution in [2.75, 3.05) is 11.9 Å². The minimum absolute atomic E-state index is 0.0503. The molecular weight excluding hydrogens is 360 g/mol. The van der Waals surface area contributed by atoms with E-state index in [0.29, 0.717) is 11.7 Å². The van der Waals surface area contributed by atoms with E-state index in [1.54, 1.807) is 0 Å². The second-order valence-corrected chi connectivity index (χ2v) is 7.35. The number of aryl methyl sites for hydroxylation is 2. The quantitative estimate of drug-likeness (QED) is 0.588. The number of nitrogens with zero attached hydrogens (tertiary/aromatic N) is 1. The van der Waals surface area contributed by atoms with Crippen LogP contribution in [0.3, 0.4) is 0 Å². The van der Waals surface area contributed by atoms with Crippen LogP contribution in [0.25, 0.3) is 11.3 Å². The second kappa shape index (κ2) is 8.22. The molecule has 3 rings (SSSR count). The number of carboxylic acids is 1. The molecule has 0 aliphatic rings. The van der Waals surface area contributed by atoms with Gasteiger partial charge in [0, 0.05) is 16.1 Å². The zero-order valence-electron chi connectivity index (χ0n) is 15.6. The summed E-state index contributed by atoms with van der Waals surface area (Å²) in [4.78, 5) is 16.7. The number of ether oxygens (including phenoxy) is 1. The maximum Gasteiger partial charge on any atom is 0.308 e. The molecule has 0 fully saturated rings. The summed E-state index contributed by atoms with van der Waals surface area (Å²) in [5, 5.41) is 13.2. The van der Waals surface area contributed by atoms with Gasteiger partial charge in [-0.1, -0.05) is 23.8 Å². The Labute approximate surface area is 162 Å². The van der Waals surface area contributed by atoms with Gasteiger partial charge in [0.25, 0.3) is 0 Å². The molecule has 0 unspecified atom stereocenters. The topological polar surface area (TPSA) is 71.5 Å². The van der Waals surface area contributed by atoms with Crippen LogP contribution in [0.4, 0.5) is 10.8 Å². The van der Waals surface area contributed by atoms with E-state index in [0.717, 1.165) is 33.1 Å². The molecule has 0 bridgehead atoms. The summed E-state index contributed by atoms with van der Waals surface area (Å²) in [6.45, 7) is 6.62. The standard InChI is InChI=1S/C21H22N2O3S/c1-4-26-16-8-6-15(7-9-16)22-21-23-20(18(27-21)12-19(24)25)17-10-5-13(2)11-14(17)3/h5-11H,4,12H2,1-3H3,(H,22,23)(H,24,25). The third-order valence-corrected chi connectivity index (χ3v) is 5.03. The Kier molecular flexibility index (Phi) is 5.76. The molecule has 5 nitrogen and oxygen atoms in total. The zero-order chi connectivity index (χ0) is 19.4. The summed E-state index contributed by atoms with van der Waals surface area (Å²) in [6, 6.07) is 13.7. The van der Waals surface area contributed by atoms with Gasteiger partial charge in [-0.2, -0.15) is 0 Å². The molecule has 140 valence electrons. The van der Waals surface area contributed by atoms with Crippen molar-refractivity contribution in [1.82, 2.24) is 4.98 Å². The van der Waals surface area contributed by atoms with Crippen LogP contribution in [0.15, 0.2) is 42.5 Å². The van der Waals surface area contributed by atoms with Gasteiger partial charge in [-0.05, 0) is 50.6 Å². The van der Waals surface area contributed by atoms with E-state index in [2.05, 4.69) is 11.4 Å². The molecule has 0 radical (unpaired) electrons. The highest BCUT2D eigenvalue weighted by molar-refractivity contribution is 7.16. The molecule has 2 aromatic carbocycles. The van der Waals surface area contributed by atoms with Crippen molar-refractivity contribution in [2.24, 2.45) is 0 Å². The summed E-state index contributed by atoms with van der Waals surface area (Å²) in [7, 11) is 0. The highest BCUT2D eigenvalue weighted by Gasteiger charge is 2.17. The number of aromatic nitrogens is 1. The Hall–Kier alpha value is -2.86. The summed E-state index contributed by atoms with van der Waals surface area (Å²) in [6.07, 6.45) is -0.0503.